The van der Waals surface area contributed by atoms with Gasteiger partial charge in [-0.05, 0) is 33.0 Å². The Kier molecular flexibility index (Phi) is 4.87. The summed E-state index contributed by atoms with van der Waals surface area (Å²) in [6, 6.07) is 0.635. The monoisotopic (exact) mass is 206 g/mol. The van der Waals surface area contributed by atoms with E-state index in [1.807, 2.05) is 7.05 Å². The van der Waals surface area contributed by atoms with E-state index in [-0.39, 0.29) is 0 Å². The largest absolute Gasteiger partial charge is 0.317 e. The summed E-state index contributed by atoms with van der Waals surface area (Å²) in [5.74, 6) is 0.379. The molecule has 78 valence electrons. The first-order valence-electron chi connectivity index (χ1n) is 4.69. The predicted molar refractivity (Wildman–Crippen MR) is 54.2 cm³/mol. The standard InChI is InChI=1S/C8H18N2O2S/c1-9-8-2-4-10(5-3-8)6-7-13(11)12/h8-9H,2-7H2,1H3,(H,11,12). The number of likely N-dealkylation sites (tertiary alicyclic amines) is 1. The van der Waals surface area contributed by atoms with Gasteiger partial charge in [0, 0.05) is 12.6 Å². The Bertz CT molecular complexity index is 170. The van der Waals surface area contributed by atoms with E-state index in [1.165, 1.54) is 0 Å². The summed E-state index contributed by atoms with van der Waals surface area (Å²) in [4.78, 5) is 2.25. The molecule has 5 heteroatoms. The second kappa shape index (κ2) is 5.70. The van der Waals surface area contributed by atoms with Crippen LogP contribution in [0.1, 0.15) is 12.8 Å². The normalized spacial score (nSPS) is 23.2. The van der Waals surface area contributed by atoms with Gasteiger partial charge in [0.15, 0.2) is 11.1 Å². The van der Waals surface area contributed by atoms with Crippen molar-refractivity contribution in [1.29, 1.82) is 0 Å². The molecule has 1 aliphatic rings. The molecule has 1 aliphatic heterocycles. The number of nitrogens with zero attached hydrogens (tertiary/aromatic N) is 1. The first kappa shape index (κ1) is 11.1. The molecule has 1 unspecified atom stereocenters. The molecule has 1 heterocycles. The Morgan fingerprint density at radius 1 is 1.54 bits per heavy atom. The highest BCUT2D eigenvalue weighted by Crippen LogP contribution is 2.08. The van der Waals surface area contributed by atoms with Crippen molar-refractivity contribution in [3.05, 3.63) is 0 Å². The molecular formula is C8H18N2O2S. The molecule has 0 aliphatic carbocycles. The number of piperidine rings is 1. The molecule has 4 nitrogen and oxygen atoms in total. The lowest BCUT2D eigenvalue weighted by molar-refractivity contribution is 0.211. The summed E-state index contributed by atoms with van der Waals surface area (Å²) in [5.41, 5.74) is 0. The van der Waals surface area contributed by atoms with Crippen molar-refractivity contribution < 1.29 is 8.76 Å². The highest BCUT2D eigenvalue weighted by molar-refractivity contribution is 7.79. The van der Waals surface area contributed by atoms with Crippen LogP contribution in [0.2, 0.25) is 0 Å². The average Bonchev–Trinajstić information content (AvgIpc) is 2.15. The fourth-order valence-corrected chi connectivity index (χ4v) is 2.07. The molecule has 13 heavy (non-hydrogen) atoms. The molecule has 1 saturated heterocycles. The lowest BCUT2D eigenvalue weighted by Gasteiger charge is -2.31. The average molecular weight is 206 g/mol. The van der Waals surface area contributed by atoms with Gasteiger partial charge >= 0.3 is 0 Å². The third kappa shape index (κ3) is 4.17. The predicted octanol–water partition coefficient (Wildman–Crippen LogP) is -0.108. The van der Waals surface area contributed by atoms with Gasteiger partial charge in [-0.1, -0.05) is 0 Å². The van der Waals surface area contributed by atoms with E-state index >= 15 is 0 Å². The summed E-state index contributed by atoms with van der Waals surface area (Å²) in [5, 5.41) is 3.25. The van der Waals surface area contributed by atoms with Gasteiger partial charge in [0.05, 0.1) is 5.75 Å². The molecule has 0 aromatic heterocycles. The molecule has 2 N–H and O–H groups in total. The van der Waals surface area contributed by atoms with E-state index in [4.69, 9.17) is 4.55 Å². The molecule has 0 saturated carbocycles. The maximum Gasteiger partial charge on any atom is 0.154 e. The molecule has 1 atom stereocenters. The van der Waals surface area contributed by atoms with Crippen LogP contribution in [0.15, 0.2) is 0 Å². The quantitative estimate of drug-likeness (QED) is 0.630. The zero-order chi connectivity index (χ0) is 9.68. The van der Waals surface area contributed by atoms with Crippen molar-refractivity contribution >= 4 is 11.1 Å². The number of hydrogen-bond acceptors (Lipinski definition) is 3. The topological polar surface area (TPSA) is 52.6 Å². The molecule has 1 fully saturated rings. The van der Waals surface area contributed by atoms with Crippen LogP contribution >= 0.6 is 0 Å². The molecule has 1 rings (SSSR count). The molecule has 0 aromatic rings. The van der Waals surface area contributed by atoms with E-state index in [1.54, 1.807) is 0 Å². The van der Waals surface area contributed by atoms with Crippen molar-refractivity contribution in [2.24, 2.45) is 0 Å². The Balaban J connectivity index is 2.14. The van der Waals surface area contributed by atoms with Crippen molar-refractivity contribution in [3.63, 3.8) is 0 Å². The Hall–Kier alpha value is 0.0300. The van der Waals surface area contributed by atoms with Crippen LogP contribution in [0.25, 0.3) is 0 Å². The second-order valence-corrected chi connectivity index (χ2v) is 4.48. The van der Waals surface area contributed by atoms with Gasteiger partial charge in [0.1, 0.15) is 0 Å². The van der Waals surface area contributed by atoms with Gasteiger partial charge in [0.25, 0.3) is 0 Å². The fraction of sp³-hybridized carbons (Fsp3) is 1.00. The smallest absolute Gasteiger partial charge is 0.154 e. The van der Waals surface area contributed by atoms with E-state index in [0.717, 1.165) is 32.5 Å². The van der Waals surface area contributed by atoms with Crippen LogP contribution in [0.4, 0.5) is 0 Å². The molecule has 0 amide bonds. The minimum Gasteiger partial charge on any atom is -0.317 e. The van der Waals surface area contributed by atoms with Gasteiger partial charge in [-0.15, -0.1) is 0 Å². The van der Waals surface area contributed by atoms with Crippen molar-refractivity contribution in [2.45, 2.75) is 18.9 Å². The molecule has 0 radical (unpaired) electrons. The first-order valence-corrected chi connectivity index (χ1v) is 5.97. The van der Waals surface area contributed by atoms with E-state index in [0.29, 0.717) is 11.8 Å². The van der Waals surface area contributed by atoms with Crippen molar-refractivity contribution in [3.8, 4) is 0 Å². The SMILES string of the molecule is CNC1CCN(CCS(=O)O)CC1. The van der Waals surface area contributed by atoms with E-state index < -0.39 is 11.1 Å². The van der Waals surface area contributed by atoms with Crippen molar-refractivity contribution in [2.75, 3.05) is 32.4 Å². The fourth-order valence-electron chi connectivity index (χ4n) is 1.65. The zero-order valence-corrected chi connectivity index (χ0v) is 8.85. The molecule has 0 bridgehead atoms. The summed E-state index contributed by atoms with van der Waals surface area (Å²) in [6.07, 6.45) is 2.29. The molecule has 0 spiro atoms. The van der Waals surface area contributed by atoms with Gasteiger partial charge in [0.2, 0.25) is 0 Å². The highest BCUT2D eigenvalue weighted by Gasteiger charge is 2.17. The van der Waals surface area contributed by atoms with Crippen LogP contribution < -0.4 is 5.32 Å². The number of rotatable bonds is 4. The van der Waals surface area contributed by atoms with Crippen molar-refractivity contribution in [1.82, 2.24) is 10.2 Å². The van der Waals surface area contributed by atoms with Gasteiger partial charge in [-0.3, -0.25) is 0 Å². The van der Waals surface area contributed by atoms with Gasteiger partial charge in [-0.25, -0.2) is 4.21 Å². The van der Waals surface area contributed by atoms with E-state index in [2.05, 4.69) is 10.2 Å². The zero-order valence-electron chi connectivity index (χ0n) is 8.03. The van der Waals surface area contributed by atoms with Crippen LogP contribution in [-0.2, 0) is 11.1 Å². The third-order valence-corrected chi connectivity index (χ3v) is 3.11. The number of hydrogen-bond donors (Lipinski definition) is 2. The maximum atomic E-state index is 10.4. The number of nitrogens with one attached hydrogen (secondary N) is 1. The summed E-state index contributed by atoms with van der Waals surface area (Å²) >= 11 is -1.64. The summed E-state index contributed by atoms with van der Waals surface area (Å²) < 4.78 is 19.0. The van der Waals surface area contributed by atoms with E-state index in [9.17, 15) is 4.21 Å². The third-order valence-electron chi connectivity index (χ3n) is 2.58. The maximum absolute atomic E-state index is 10.4. The lowest BCUT2D eigenvalue weighted by atomic mass is 10.1. The minimum absolute atomic E-state index is 0.379. The molecular weight excluding hydrogens is 188 g/mol. The Morgan fingerprint density at radius 2 is 2.15 bits per heavy atom. The Labute approximate surface area is 82.0 Å². The lowest BCUT2D eigenvalue weighted by Crippen LogP contribution is -2.42. The van der Waals surface area contributed by atoms with Gasteiger partial charge < -0.3 is 14.8 Å². The van der Waals surface area contributed by atoms with Crippen LogP contribution in [0, 0.1) is 0 Å². The first-order chi connectivity index (χ1) is 6.22. The highest BCUT2D eigenvalue weighted by atomic mass is 32.2. The van der Waals surface area contributed by atoms with Crippen LogP contribution in [0.5, 0.6) is 0 Å². The second-order valence-electron chi connectivity index (χ2n) is 3.43. The van der Waals surface area contributed by atoms with Crippen LogP contribution in [0.3, 0.4) is 0 Å². The van der Waals surface area contributed by atoms with Crippen LogP contribution in [-0.4, -0.2) is 52.1 Å². The molecule has 0 aromatic carbocycles. The minimum atomic E-state index is -1.64. The summed E-state index contributed by atoms with van der Waals surface area (Å²) in [6.45, 7) is 2.84. The van der Waals surface area contributed by atoms with Gasteiger partial charge in [-0.2, -0.15) is 0 Å². The summed E-state index contributed by atoms with van der Waals surface area (Å²) in [7, 11) is 1.99. The Morgan fingerprint density at radius 3 is 2.62 bits per heavy atom.